The molecule has 0 fully saturated rings. The number of amides is 1. The monoisotopic (exact) mass is 356 g/mol. The van der Waals surface area contributed by atoms with E-state index < -0.39 is 16.9 Å². The first kappa shape index (κ1) is 17.0. The third kappa shape index (κ3) is 3.51. The van der Waals surface area contributed by atoms with Crippen LogP contribution in [0.1, 0.15) is 29.1 Å². The van der Waals surface area contributed by atoms with Crippen LogP contribution < -0.4 is 5.32 Å². The largest absolute Gasteiger partial charge is 0.459 e. The highest BCUT2D eigenvalue weighted by Crippen LogP contribution is 2.27. The van der Waals surface area contributed by atoms with Crippen molar-refractivity contribution in [2.24, 2.45) is 0 Å². The molecule has 3 aromatic rings. The lowest BCUT2D eigenvalue weighted by atomic mass is 10.1. The molecule has 2 aromatic carbocycles. The van der Waals surface area contributed by atoms with Gasteiger partial charge in [0, 0.05) is 16.3 Å². The zero-order chi connectivity index (χ0) is 18.0. The average Bonchev–Trinajstić information content (AvgIpc) is 3.05. The Kier molecular flexibility index (Phi) is 4.76. The Bertz CT molecular complexity index is 918. The van der Waals surface area contributed by atoms with Gasteiger partial charge in [-0.25, -0.2) is 0 Å². The van der Waals surface area contributed by atoms with Gasteiger partial charge in [-0.3, -0.25) is 14.9 Å². The van der Waals surface area contributed by atoms with E-state index >= 15 is 0 Å². The normalized spacial score (nSPS) is 12.1. The molecule has 0 saturated carbocycles. The molecule has 3 rings (SSSR count). The predicted octanol–water partition coefficient (Wildman–Crippen LogP) is 4.55. The van der Waals surface area contributed by atoms with Crippen molar-refractivity contribution in [1.82, 2.24) is 5.32 Å². The number of fused-ring (bicyclic) bond motifs is 1. The lowest BCUT2D eigenvalue weighted by Gasteiger charge is -2.12. The van der Waals surface area contributed by atoms with E-state index in [-0.39, 0.29) is 11.3 Å². The zero-order valence-corrected chi connectivity index (χ0v) is 14.5. The van der Waals surface area contributed by atoms with E-state index in [4.69, 9.17) is 4.42 Å². The first-order valence-electron chi connectivity index (χ1n) is 7.61. The summed E-state index contributed by atoms with van der Waals surface area (Å²) in [6.45, 7) is 1.78. The van der Waals surface area contributed by atoms with Crippen molar-refractivity contribution in [1.29, 1.82) is 0 Å². The maximum Gasteiger partial charge on any atom is 0.282 e. The van der Waals surface area contributed by atoms with E-state index in [0.717, 1.165) is 15.9 Å². The number of thioether (sulfide) groups is 1. The number of hydrogen-bond acceptors (Lipinski definition) is 5. The van der Waals surface area contributed by atoms with Crippen LogP contribution >= 0.6 is 11.8 Å². The first-order chi connectivity index (χ1) is 12.0. The molecule has 128 valence electrons. The fourth-order valence-corrected chi connectivity index (χ4v) is 2.98. The molecule has 1 aromatic heterocycles. The highest BCUT2D eigenvalue weighted by atomic mass is 32.2. The Morgan fingerprint density at radius 2 is 2.00 bits per heavy atom. The summed E-state index contributed by atoms with van der Waals surface area (Å²) in [4.78, 5) is 24.0. The SMILES string of the molecule is CSc1ccc([N+](=O)[O-])c(C(=O)NC(C)c2cc3ccccc3o2)c1. The number of nitrogens with zero attached hydrogens (tertiary/aromatic N) is 1. The van der Waals surface area contributed by atoms with E-state index in [1.54, 1.807) is 13.0 Å². The standard InChI is InChI=1S/C18H16N2O4S/c1-11(17-9-12-5-3-4-6-16(12)24-17)19-18(21)14-10-13(25-2)7-8-15(14)20(22)23/h3-11H,1-2H3,(H,19,21). The van der Waals surface area contributed by atoms with Gasteiger partial charge in [0.1, 0.15) is 16.9 Å². The summed E-state index contributed by atoms with van der Waals surface area (Å²) in [5.74, 6) is 0.0915. The smallest absolute Gasteiger partial charge is 0.282 e. The van der Waals surface area contributed by atoms with Crippen LogP contribution in [0.2, 0.25) is 0 Å². The number of rotatable bonds is 5. The molecular weight excluding hydrogens is 340 g/mol. The molecule has 1 heterocycles. The Labute approximate surface area is 148 Å². The second-order valence-electron chi connectivity index (χ2n) is 5.52. The van der Waals surface area contributed by atoms with Gasteiger partial charge >= 0.3 is 0 Å². The zero-order valence-electron chi connectivity index (χ0n) is 13.7. The lowest BCUT2D eigenvalue weighted by Crippen LogP contribution is -2.27. The molecule has 0 saturated heterocycles. The number of nitro groups is 1. The predicted molar refractivity (Wildman–Crippen MR) is 97.0 cm³/mol. The molecule has 0 aliphatic carbocycles. The van der Waals surface area contributed by atoms with Crippen LogP contribution in [-0.4, -0.2) is 17.1 Å². The summed E-state index contributed by atoms with van der Waals surface area (Å²) >= 11 is 1.42. The van der Waals surface area contributed by atoms with Gasteiger partial charge in [-0.05, 0) is 37.4 Å². The highest BCUT2D eigenvalue weighted by Gasteiger charge is 2.23. The van der Waals surface area contributed by atoms with Gasteiger partial charge in [0.15, 0.2) is 0 Å². The maximum atomic E-state index is 12.6. The van der Waals surface area contributed by atoms with E-state index in [2.05, 4.69) is 5.32 Å². The number of benzene rings is 2. The molecule has 6 nitrogen and oxygen atoms in total. The minimum absolute atomic E-state index is 0.0415. The van der Waals surface area contributed by atoms with Gasteiger partial charge < -0.3 is 9.73 Å². The number of para-hydroxylation sites is 1. The number of carbonyl (C=O) groups excluding carboxylic acids is 1. The first-order valence-corrected chi connectivity index (χ1v) is 8.84. The number of hydrogen-bond donors (Lipinski definition) is 1. The van der Waals surface area contributed by atoms with Crippen LogP contribution in [0.3, 0.4) is 0 Å². The van der Waals surface area contributed by atoms with Crippen molar-refractivity contribution in [3.63, 3.8) is 0 Å². The molecule has 7 heteroatoms. The molecule has 0 bridgehead atoms. The van der Waals surface area contributed by atoms with Gasteiger partial charge in [0.25, 0.3) is 11.6 Å². The molecule has 1 amide bonds. The quantitative estimate of drug-likeness (QED) is 0.412. The van der Waals surface area contributed by atoms with Crippen molar-refractivity contribution in [2.45, 2.75) is 17.9 Å². The average molecular weight is 356 g/mol. The Balaban J connectivity index is 1.87. The third-order valence-corrected chi connectivity index (χ3v) is 4.59. The third-order valence-electron chi connectivity index (χ3n) is 3.86. The molecular formula is C18H16N2O4S. The molecule has 0 aliphatic rings. The van der Waals surface area contributed by atoms with Crippen LogP contribution in [0, 0.1) is 10.1 Å². The highest BCUT2D eigenvalue weighted by molar-refractivity contribution is 7.98. The molecule has 0 radical (unpaired) electrons. The molecule has 0 spiro atoms. The van der Waals surface area contributed by atoms with Gasteiger partial charge in [-0.1, -0.05) is 18.2 Å². The summed E-state index contributed by atoms with van der Waals surface area (Å²) in [6.07, 6.45) is 1.85. The lowest BCUT2D eigenvalue weighted by molar-refractivity contribution is -0.385. The van der Waals surface area contributed by atoms with Gasteiger partial charge in [0.05, 0.1) is 11.0 Å². The number of nitro benzene ring substituents is 1. The summed E-state index contributed by atoms with van der Waals surface area (Å²) in [6, 6.07) is 13.5. The van der Waals surface area contributed by atoms with Crippen LogP contribution in [0.15, 0.2) is 57.8 Å². The van der Waals surface area contributed by atoms with Crippen LogP contribution in [0.25, 0.3) is 11.0 Å². The molecule has 1 unspecified atom stereocenters. The van der Waals surface area contributed by atoms with Crippen LogP contribution in [-0.2, 0) is 0 Å². The van der Waals surface area contributed by atoms with E-state index in [0.29, 0.717) is 5.76 Å². The maximum absolute atomic E-state index is 12.6. The van der Waals surface area contributed by atoms with Crippen molar-refractivity contribution in [3.8, 4) is 0 Å². The van der Waals surface area contributed by atoms with Gasteiger partial charge in [-0.2, -0.15) is 0 Å². The van der Waals surface area contributed by atoms with Crippen molar-refractivity contribution in [3.05, 3.63) is 70.0 Å². The fraction of sp³-hybridized carbons (Fsp3) is 0.167. The second-order valence-corrected chi connectivity index (χ2v) is 6.40. The van der Waals surface area contributed by atoms with Crippen molar-refractivity contribution in [2.75, 3.05) is 6.26 Å². The van der Waals surface area contributed by atoms with E-state index in [1.807, 2.05) is 36.6 Å². The fourth-order valence-electron chi connectivity index (χ4n) is 2.54. The van der Waals surface area contributed by atoms with Crippen LogP contribution in [0.4, 0.5) is 5.69 Å². The molecule has 0 aliphatic heterocycles. The second kappa shape index (κ2) is 6.98. The molecule has 1 N–H and O–H groups in total. The Morgan fingerprint density at radius 3 is 2.68 bits per heavy atom. The van der Waals surface area contributed by atoms with Gasteiger partial charge in [-0.15, -0.1) is 11.8 Å². The summed E-state index contributed by atoms with van der Waals surface area (Å²) < 4.78 is 5.74. The summed E-state index contributed by atoms with van der Waals surface area (Å²) in [5, 5.41) is 14.9. The molecule has 1 atom stereocenters. The summed E-state index contributed by atoms with van der Waals surface area (Å²) in [7, 11) is 0. The van der Waals surface area contributed by atoms with E-state index in [9.17, 15) is 14.9 Å². The number of furan rings is 1. The number of carbonyl (C=O) groups is 1. The Morgan fingerprint density at radius 1 is 1.24 bits per heavy atom. The molecule has 25 heavy (non-hydrogen) atoms. The van der Waals surface area contributed by atoms with Crippen LogP contribution in [0.5, 0.6) is 0 Å². The summed E-state index contributed by atoms with van der Waals surface area (Å²) in [5.41, 5.74) is 0.556. The van der Waals surface area contributed by atoms with Gasteiger partial charge in [0.2, 0.25) is 0 Å². The van der Waals surface area contributed by atoms with Crippen molar-refractivity contribution >= 4 is 34.3 Å². The Hall–Kier alpha value is -2.80. The minimum Gasteiger partial charge on any atom is -0.459 e. The van der Waals surface area contributed by atoms with E-state index in [1.165, 1.54) is 23.9 Å². The topological polar surface area (TPSA) is 85.4 Å². The van der Waals surface area contributed by atoms with Crippen molar-refractivity contribution < 1.29 is 14.1 Å². The minimum atomic E-state index is -0.551. The number of nitrogens with one attached hydrogen (secondary N) is 1.